The van der Waals surface area contributed by atoms with E-state index < -0.39 is 0 Å². The maximum atomic E-state index is 12.3. The van der Waals surface area contributed by atoms with Crippen LogP contribution in [0.5, 0.6) is 5.75 Å². The summed E-state index contributed by atoms with van der Waals surface area (Å²) in [5.74, 6) is 1.52. The lowest BCUT2D eigenvalue weighted by molar-refractivity contribution is 0.170. The van der Waals surface area contributed by atoms with Gasteiger partial charge in [-0.1, -0.05) is 0 Å². The fraction of sp³-hybridized carbons (Fsp3) is 0.588. The number of methoxy groups -OCH3 is 1. The third-order valence-corrected chi connectivity index (χ3v) is 4.84. The SMILES string of the molecule is COc1ccc(NC(=O)N2CCC(C3CCCN3)CC2)cc1. The fourth-order valence-electron chi connectivity index (χ4n) is 3.50. The van der Waals surface area contributed by atoms with Crippen LogP contribution in [0.1, 0.15) is 25.7 Å². The Hall–Kier alpha value is -1.75. The number of likely N-dealkylation sites (tertiary alicyclic amines) is 1. The third kappa shape index (κ3) is 3.53. The highest BCUT2D eigenvalue weighted by molar-refractivity contribution is 5.89. The van der Waals surface area contributed by atoms with Crippen LogP contribution in [-0.2, 0) is 0 Å². The molecular weight excluding hydrogens is 278 g/mol. The minimum atomic E-state index is 0.00278. The number of carbonyl (C=O) groups excluding carboxylic acids is 1. The van der Waals surface area contributed by atoms with Gasteiger partial charge in [0.2, 0.25) is 0 Å². The summed E-state index contributed by atoms with van der Waals surface area (Å²) in [7, 11) is 1.64. The Morgan fingerprint density at radius 3 is 2.55 bits per heavy atom. The number of anilines is 1. The molecule has 1 aromatic carbocycles. The Labute approximate surface area is 132 Å². The van der Waals surface area contributed by atoms with E-state index in [1.165, 1.54) is 12.8 Å². The van der Waals surface area contributed by atoms with Crippen LogP contribution in [0, 0.1) is 5.92 Å². The lowest BCUT2D eigenvalue weighted by atomic mass is 9.89. The topological polar surface area (TPSA) is 53.6 Å². The lowest BCUT2D eigenvalue weighted by Crippen LogP contribution is -2.44. The van der Waals surface area contributed by atoms with Gasteiger partial charge < -0.3 is 20.3 Å². The van der Waals surface area contributed by atoms with E-state index in [1.807, 2.05) is 29.2 Å². The highest BCUT2D eigenvalue weighted by Gasteiger charge is 2.29. The molecule has 2 saturated heterocycles. The Balaban J connectivity index is 1.48. The Morgan fingerprint density at radius 1 is 1.23 bits per heavy atom. The first kappa shape index (κ1) is 15.2. The fourth-order valence-corrected chi connectivity index (χ4v) is 3.50. The summed E-state index contributed by atoms with van der Waals surface area (Å²) in [5, 5.41) is 6.55. The molecular formula is C17H25N3O2. The van der Waals surface area contributed by atoms with E-state index in [-0.39, 0.29) is 6.03 Å². The van der Waals surface area contributed by atoms with Crippen molar-refractivity contribution in [2.45, 2.75) is 31.7 Å². The van der Waals surface area contributed by atoms with Crippen molar-refractivity contribution in [1.29, 1.82) is 0 Å². The number of rotatable bonds is 3. The number of nitrogens with one attached hydrogen (secondary N) is 2. The molecule has 2 heterocycles. The predicted octanol–water partition coefficient (Wildman–Crippen LogP) is 2.69. The number of nitrogens with zero attached hydrogens (tertiary/aromatic N) is 1. The molecule has 0 radical (unpaired) electrons. The molecule has 0 aliphatic carbocycles. The number of benzene rings is 1. The molecule has 0 bridgehead atoms. The van der Waals surface area contributed by atoms with Crippen molar-refractivity contribution in [3.05, 3.63) is 24.3 Å². The van der Waals surface area contributed by atoms with E-state index in [0.717, 1.165) is 49.8 Å². The van der Waals surface area contributed by atoms with Gasteiger partial charge in [0, 0.05) is 24.8 Å². The Morgan fingerprint density at radius 2 is 1.95 bits per heavy atom. The number of hydrogen-bond donors (Lipinski definition) is 2. The minimum absolute atomic E-state index is 0.00278. The molecule has 0 spiro atoms. The first-order valence-electron chi connectivity index (χ1n) is 8.19. The van der Waals surface area contributed by atoms with Gasteiger partial charge in [-0.25, -0.2) is 4.79 Å². The molecule has 2 aliphatic rings. The quantitative estimate of drug-likeness (QED) is 0.902. The first-order chi connectivity index (χ1) is 10.8. The largest absolute Gasteiger partial charge is 0.497 e. The molecule has 0 aromatic heterocycles. The van der Waals surface area contributed by atoms with Crippen LogP contribution >= 0.6 is 0 Å². The van der Waals surface area contributed by atoms with E-state index in [9.17, 15) is 4.79 Å². The zero-order chi connectivity index (χ0) is 15.4. The van der Waals surface area contributed by atoms with Crippen molar-refractivity contribution >= 4 is 11.7 Å². The molecule has 5 heteroatoms. The number of carbonyl (C=O) groups is 1. The summed E-state index contributed by atoms with van der Waals surface area (Å²) in [6.07, 6.45) is 4.80. The number of hydrogen-bond acceptors (Lipinski definition) is 3. The van der Waals surface area contributed by atoms with Crippen LogP contribution in [0.3, 0.4) is 0 Å². The molecule has 2 fully saturated rings. The number of piperidine rings is 1. The van der Waals surface area contributed by atoms with Crippen LogP contribution < -0.4 is 15.4 Å². The maximum absolute atomic E-state index is 12.3. The summed E-state index contributed by atoms with van der Waals surface area (Å²) in [5.41, 5.74) is 0.811. The molecule has 1 aromatic rings. The van der Waals surface area contributed by atoms with Gasteiger partial charge in [0.25, 0.3) is 0 Å². The van der Waals surface area contributed by atoms with E-state index in [1.54, 1.807) is 7.11 Å². The van der Waals surface area contributed by atoms with Gasteiger partial charge in [-0.3, -0.25) is 0 Å². The van der Waals surface area contributed by atoms with Crippen molar-refractivity contribution in [1.82, 2.24) is 10.2 Å². The van der Waals surface area contributed by atoms with Gasteiger partial charge in [-0.15, -0.1) is 0 Å². The molecule has 0 saturated carbocycles. The first-order valence-corrected chi connectivity index (χ1v) is 8.19. The number of amides is 2. The van der Waals surface area contributed by atoms with E-state index >= 15 is 0 Å². The Kier molecular flexibility index (Phi) is 4.83. The monoisotopic (exact) mass is 303 g/mol. The van der Waals surface area contributed by atoms with Gasteiger partial charge in [0.15, 0.2) is 0 Å². The molecule has 120 valence electrons. The summed E-state index contributed by atoms with van der Waals surface area (Å²) in [4.78, 5) is 14.2. The molecule has 2 N–H and O–H groups in total. The van der Waals surface area contributed by atoms with Crippen molar-refractivity contribution < 1.29 is 9.53 Å². The zero-order valence-electron chi connectivity index (χ0n) is 13.2. The highest BCUT2D eigenvalue weighted by Crippen LogP contribution is 2.26. The Bertz CT molecular complexity index is 489. The number of ether oxygens (including phenoxy) is 1. The number of urea groups is 1. The van der Waals surface area contributed by atoms with Gasteiger partial charge in [-0.05, 0) is 62.4 Å². The van der Waals surface area contributed by atoms with Gasteiger partial charge >= 0.3 is 6.03 Å². The summed E-state index contributed by atoms with van der Waals surface area (Å²) < 4.78 is 5.12. The average Bonchev–Trinajstić information content (AvgIpc) is 3.10. The van der Waals surface area contributed by atoms with Crippen LogP contribution in [0.4, 0.5) is 10.5 Å². The zero-order valence-corrected chi connectivity index (χ0v) is 13.2. The van der Waals surface area contributed by atoms with Gasteiger partial charge in [0.1, 0.15) is 5.75 Å². The van der Waals surface area contributed by atoms with Gasteiger partial charge in [0.05, 0.1) is 7.11 Å². The van der Waals surface area contributed by atoms with Crippen molar-refractivity contribution in [2.75, 3.05) is 32.1 Å². The second-order valence-corrected chi connectivity index (χ2v) is 6.19. The highest BCUT2D eigenvalue weighted by atomic mass is 16.5. The maximum Gasteiger partial charge on any atom is 0.321 e. The molecule has 3 rings (SSSR count). The second-order valence-electron chi connectivity index (χ2n) is 6.19. The molecule has 22 heavy (non-hydrogen) atoms. The second kappa shape index (κ2) is 7.01. The van der Waals surface area contributed by atoms with Crippen molar-refractivity contribution in [3.8, 4) is 5.75 Å². The van der Waals surface area contributed by atoms with Crippen molar-refractivity contribution in [3.63, 3.8) is 0 Å². The molecule has 2 amide bonds. The summed E-state index contributed by atoms with van der Waals surface area (Å²) >= 11 is 0. The average molecular weight is 303 g/mol. The van der Waals surface area contributed by atoms with Crippen molar-refractivity contribution in [2.24, 2.45) is 5.92 Å². The normalized spacial score (nSPS) is 22.6. The van der Waals surface area contributed by atoms with Crippen LogP contribution in [-0.4, -0.2) is 43.7 Å². The van der Waals surface area contributed by atoms with Gasteiger partial charge in [-0.2, -0.15) is 0 Å². The molecule has 5 nitrogen and oxygen atoms in total. The van der Waals surface area contributed by atoms with Crippen LogP contribution in [0.2, 0.25) is 0 Å². The lowest BCUT2D eigenvalue weighted by Gasteiger charge is -2.34. The summed E-state index contributed by atoms with van der Waals surface area (Å²) in [6.45, 7) is 2.86. The third-order valence-electron chi connectivity index (χ3n) is 4.84. The van der Waals surface area contributed by atoms with Crippen LogP contribution in [0.25, 0.3) is 0 Å². The molecule has 1 unspecified atom stereocenters. The van der Waals surface area contributed by atoms with E-state index in [4.69, 9.17) is 4.74 Å². The van der Waals surface area contributed by atoms with E-state index in [0.29, 0.717) is 6.04 Å². The molecule has 1 atom stereocenters. The van der Waals surface area contributed by atoms with E-state index in [2.05, 4.69) is 10.6 Å². The predicted molar refractivity (Wildman–Crippen MR) is 87.3 cm³/mol. The smallest absolute Gasteiger partial charge is 0.321 e. The standard InChI is InChI=1S/C17H25N3O2/c1-22-15-6-4-14(5-7-15)19-17(21)20-11-8-13(9-12-20)16-3-2-10-18-16/h4-7,13,16,18H,2-3,8-12H2,1H3,(H,19,21). The van der Waals surface area contributed by atoms with Crippen LogP contribution in [0.15, 0.2) is 24.3 Å². The minimum Gasteiger partial charge on any atom is -0.497 e. The summed E-state index contributed by atoms with van der Waals surface area (Å²) in [6, 6.07) is 8.12. The molecule has 2 aliphatic heterocycles.